The fraction of sp³-hybridized carbons (Fsp3) is 0.200. The first kappa shape index (κ1) is 64.7. The minimum absolute atomic E-state index is 0.0181. The molecule has 0 unspecified atom stereocenters. The smallest absolute Gasteiger partial charge is 0.296 e. The lowest BCUT2D eigenvalue weighted by Crippen LogP contribution is -2.08. The van der Waals surface area contributed by atoms with E-state index in [9.17, 15) is 93.0 Å². The van der Waals surface area contributed by atoms with Crippen LogP contribution in [0.15, 0.2) is 110 Å². The largest absolute Gasteiger partial charge is 0.493 e. The number of halogens is 1. The van der Waals surface area contributed by atoms with Crippen LogP contribution in [0.4, 0.5) is 39.3 Å². The Hall–Kier alpha value is -7.34. The first-order chi connectivity index (χ1) is 39.8. The van der Waals surface area contributed by atoms with Gasteiger partial charge in [0.05, 0.1) is 54.5 Å². The molecule has 1 amide bonds. The molecular formula is C45H38ClN11O21S8. The number of carbonyl (C=O) groups excluding carboxylic acids is 1. The highest BCUT2D eigenvalue weighted by molar-refractivity contribution is 7.99. The van der Waals surface area contributed by atoms with E-state index in [-0.39, 0.29) is 113 Å². The van der Waals surface area contributed by atoms with Crippen LogP contribution in [0.25, 0.3) is 37.7 Å². The second-order valence-corrected chi connectivity index (χ2v) is 29.3. The Kier molecular flexibility index (Phi) is 18.1. The Morgan fingerprint density at radius 2 is 1.31 bits per heavy atom. The molecule has 5 aromatic carbocycles. The summed E-state index contributed by atoms with van der Waals surface area (Å²) in [4.78, 5) is 17.3. The van der Waals surface area contributed by atoms with Crippen molar-refractivity contribution in [1.82, 2.24) is 14.4 Å². The van der Waals surface area contributed by atoms with Gasteiger partial charge in [-0.3, -0.25) is 36.5 Å². The highest BCUT2D eigenvalue weighted by Crippen LogP contribution is 2.46. The number of carbonyl (C=O) groups is 1. The van der Waals surface area contributed by atoms with Crippen molar-refractivity contribution in [3.05, 3.63) is 76.3 Å². The second-order valence-electron chi connectivity index (χ2n) is 18.0. The number of imidazole rings is 1. The lowest BCUT2D eigenvalue weighted by atomic mass is 10.1. The number of thioether (sulfide) groups is 1. The average molecular weight is 1360 g/mol. The van der Waals surface area contributed by atoms with Crippen molar-refractivity contribution >= 4 is 178 Å². The maximum absolute atomic E-state index is 12.7. The van der Waals surface area contributed by atoms with E-state index in [1.807, 2.05) is 6.07 Å². The summed E-state index contributed by atoms with van der Waals surface area (Å²) in [6.07, 6.45) is -0.410. The number of rotatable bonds is 21. The van der Waals surface area contributed by atoms with Crippen molar-refractivity contribution in [3.8, 4) is 17.7 Å². The highest BCUT2D eigenvalue weighted by atomic mass is 35.5. The van der Waals surface area contributed by atoms with E-state index in [1.54, 1.807) is 0 Å². The zero-order valence-corrected chi connectivity index (χ0v) is 50.7. The molecule has 0 atom stereocenters. The number of fused-ring (bicyclic) bond motifs is 6. The van der Waals surface area contributed by atoms with Crippen molar-refractivity contribution in [3.63, 3.8) is 0 Å². The molecule has 0 aliphatic heterocycles. The van der Waals surface area contributed by atoms with Gasteiger partial charge in [0.15, 0.2) is 11.3 Å². The monoisotopic (exact) mass is 1360 g/mol. The molecule has 0 spiro atoms. The third-order valence-corrected chi connectivity index (χ3v) is 19.3. The van der Waals surface area contributed by atoms with Gasteiger partial charge in [-0.05, 0) is 86.5 Å². The summed E-state index contributed by atoms with van der Waals surface area (Å²) in [6, 6.07) is 10.6. The number of thiazole rings is 1. The summed E-state index contributed by atoms with van der Waals surface area (Å²) in [5.41, 5.74) is -1.72. The Bertz CT molecular complexity index is 5090. The fourth-order valence-electron chi connectivity index (χ4n) is 8.10. The third-order valence-electron chi connectivity index (χ3n) is 11.9. The Morgan fingerprint density at radius 1 is 0.698 bits per heavy atom. The first-order valence-electron chi connectivity index (χ1n) is 23.4. The summed E-state index contributed by atoms with van der Waals surface area (Å²) in [6.45, 7) is 3.64. The topological polar surface area (TPSA) is 513 Å². The summed E-state index contributed by atoms with van der Waals surface area (Å²) in [5.74, 6) is -3.03. The van der Waals surface area contributed by atoms with Crippen LogP contribution >= 0.6 is 34.7 Å². The zero-order chi connectivity index (χ0) is 63.4. The number of hydrogen-bond acceptors (Lipinski definition) is 26. The number of amides is 1. The lowest BCUT2D eigenvalue weighted by molar-refractivity contribution is -0.114. The number of ether oxygens (including phenoxy) is 1. The van der Waals surface area contributed by atoms with Crippen LogP contribution in [0.3, 0.4) is 0 Å². The first-order valence-corrected chi connectivity index (χ1v) is 34.6. The predicted molar refractivity (Wildman–Crippen MR) is 308 cm³/mol. The molecule has 454 valence electrons. The molecule has 3 aromatic heterocycles. The van der Waals surface area contributed by atoms with Gasteiger partial charge in [0.2, 0.25) is 16.9 Å². The van der Waals surface area contributed by atoms with Crippen molar-refractivity contribution in [2.45, 2.75) is 58.1 Å². The predicted octanol–water partition coefficient (Wildman–Crippen LogP) is 9.32. The molecular weight excluding hydrogens is 1320 g/mol. The molecule has 0 fully saturated rings. The van der Waals surface area contributed by atoms with Gasteiger partial charge in [-0.1, -0.05) is 22.9 Å². The Morgan fingerprint density at radius 3 is 1.93 bits per heavy atom. The zero-order valence-electron chi connectivity index (χ0n) is 43.4. The standard InChI is InChI=1S/C45H38ClN11O21S8/c1-20-10-32(53-55-39-21(2)27(19-47)43-49-40-28(46)12-24(84(69,70)71)13-34(40)57(43)44(39)59)35(78-6-4-8-81(60,61)62)17-29(20)51-54-33-16-30(48-22(3)58)31(18-36(33)79-7-5-9-82(63,64)65)52-56-45-50-41-38(86(75,76)77)15-25-26(42(41)80-45)11-23(83(66,67)68)14-37(25)85(72,73)74/h10-18,59H,4-9H2,1-3H3,(H,48,58)(H,60,61,62)(H,63,64,65)(H,66,67,68)(H,69,70,71)(H,72,73,74)(H,75,76,77). The summed E-state index contributed by atoms with van der Waals surface area (Å²) in [7, 11) is -29.6. The van der Waals surface area contributed by atoms with Crippen LogP contribution in [0.1, 0.15) is 36.5 Å². The van der Waals surface area contributed by atoms with Gasteiger partial charge in [0.25, 0.3) is 60.7 Å². The fourth-order valence-corrected chi connectivity index (χ4v) is 14.1. The molecule has 0 radical (unpaired) electrons. The van der Waals surface area contributed by atoms with E-state index in [2.05, 4.69) is 46.0 Å². The maximum atomic E-state index is 12.7. The number of nitrogens with zero attached hydrogens (tertiary/aromatic N) is 10. The van der Waals surface area contributed by atoms with Crippen molar-refractivity contribution in [1.29, 1.82) is 5.26 Å². The summed E-state index contributed by atoms with van der Waals surface area (Å²) in [5, 5.41) is 48.1. The van der Waals surface area contributed by atoms with Crippen LogP contribution in [-0.4, -0.2) is 127 Å². The molecule has 0 saturated heterocycles. The number of benzene rings is 5. The van der Waals surface area contributed by atoms with Crippen LogP contribution in [0.2, 0.25) is 5.02 Å². The van der Waals surface area contributed by atoms with Gasteiger partial charge in [0, 0.05) is 34.2 Å². The second kappa shape index (κ2) is 24.1. The van der Waals surface area contributed by atoms with Crippen LogP contribution < -0.4 is 10.1 Å². The maximum Gasteiger partial charge on any atom is 0.296 e. The van der Waals surface area contributed by atoms with Gasteiger partial charge >= 0.3 is 0 Å². The Balaban J connectivity index is 1.24. The third kappa shape index (κ3) is 14.6. The quantitative estimate of drug-likeness (QED) is 0.0144. The van der Waals surface area contributed by atoms with E-state index < -0.39 is 125 Å². The van der Waals surface area contributed by atoms with E-state index >= 15 is 0 Å². The Labute approximate surface area is 498 Å². The highest BCUT2D eigenvalue weighted by Gasteiger charge is 2.29. The van der Waals surface area contributed by atoms with Crippen molar-refractivity contribution in [2.24, 2.45) is 30.7 Å². The molecule has 86 heavy (non-hydrogen) atoms. The van der Waals surface area contributed by atoms with Gasteiger partial charge in [-0.15, -0.1) is 37.3 Å². The number of nitriles is 1. The van der Waals surface area contributed by atoms with Crippen LogP contribution in [0.5, 0.6) is 11.6 Å². The number of nitrogens with one attached hydrogen (secondary N) is 1. The number of hydrogen-bond donors (Lipinski definition) is 8. The summed E-state index contributed by atoms with van der Waals surface area (Å²) < 4.78 is 210. The van der Waals surface area contributed by atoms with Gasteiger partial charge in [-0.25, -0.2) is 9.97 Å². The molecule has 0 aliphatic carbocycles. The number of aryl methyl sites for hydroxylation is 1. The number of azo groups is 3. The molecule has 8 aromatic rings. The molecule has 0 saturated carbocycles. The number of aromatic nitrogens is 3. The minimum Gasteiger partial charge on any atom is -0.493 e. The van der Waals surface area contributed by atoms with E-state index in [0.29, 0.717) is 23.5 Å². The number of aromatic hydroxyl groups is 1. The van der Waals surface area contributed by atoms with Crippen LogP contribution in [-0.2, 0) is 65.5 Å². The molecule has 0 bridgehead atoms. The number of anilines is 1. The van der Waals surface area contributed by atoms with Crippen LogP contribution in [0, 0.1) is 25.2 Å². The van der Waals surface area contributed by atoms with E-state index in [0.717, 1.165) is 41.3 Å². The number of pyridine rings is 1. The minimum atomic E-state index is -5.36. The molecule has 32 nitrogen and oxygen atoms in total. The average Bonchev–Trinajstić information content (AvgIpc) is 1.51. The molecule has 3 heterocycles. The van der Waals surface area contributed by atoms with E-state index in [1.165, 1.54) is 38.1 Å². The molecule has 41 heteroatoms. The van der Waals surface area contributed by atoms with Crippen molar-refractivity contribution < 1.29 is 92.5 Å². The van der Waals surface area contributed by atoms with E-state index in [4.69, 9.17) is 16.3 Å². The molecule has 8 rings (SSSR count). The molecule has 0 aliphatic rings. The molecule has 8 N–H and O–H groups in total. The lowest BCUT2D eigenvalue weighted by Gasteiger charge is -2.13. The van der Waals surface area contributed by atoms with Gasteiger partial charge in [-0.2, -0.15) is 60.9 Å². The van der Waals surface area contributed by atoms with Gasteiger partial charge in [0.1, 0.15) is 55.3 Å². The summed E-state index contributed by atoms with van der Waals surface area (Å²) >= 11 is 7.72. The van der Waals surface area contributed by atoms with Gasteiger partial charge < -0.3 is 15.2 Å². The normalized spacial score (nSPS) is 13.1. The SMILES string of the molecule is CC(=O)Nc1cc(N=Nc2cc(OCCCS(=O)(=O)O)c(N=Nc3c(C)c(C#N)c4nc5c(Cl)cc(S(=O)(=O)O)cc5n4c3O)cc2C)c(SCCCS(=O)(=O)O)cc1N=Nc1nc2c(S(=O)(=O)O)cc3c(S(=O)(=O)O)cc(S(=O)(=O)O)cc3c2s1. The van der Waals surface area contributed by atoms with Crippen molar-refractivity contribution in [2.75, 3.05) is 29.2 Å².